The zero-order valence-corrected chi connectivity index (χ0v) is 15.0. The SMILES string of the molecule is Cc1cccc(NC(=O)NCC(=O)NC(C)(C)C(=O)N2CCCC2)c1. The molecule has 4 amide bonds. The topological polar surface area (TPSA) is 90.5 Å². The van der Waals surface area contributed by atoms with Gasteiger partial charge in [0.1, 0.15) is 5.54 Å². The summed E-state index contributed by atoms with van der Waals surface area (Å²) < 4.78 is 0. The first-order valence-electron chi connectivity index (χ1n) is 8.50. The Balaban J connectivity index is 1.79. The first-order valence-corrected chi connectivity index (χ1v) is 8.50. The predicted octanol–water partition coefficient (Wildman–Crippen LogP) is 1.63. The zero-order chi connectivity index (χ0) is 18.4. The van der Waals surface area contributed by atoms with E-state index in [2.05, 4.69) is 16.0 Å². The number of nitrogens with zero attached hydrogens (tertiary/aromatic N) is 1. The Kier molecular flexibility index (Phi) is 6.01. The van der Waals surface area contributed by atoms with Crippen molar-refractivity contribution in [1.29, 1.82) is 0 Å². The summed E-state index contributed by atoms with van der Waals surface area (Å²) in [6.07, 6.45) is 1.99. The van der Waals surface area contributed by atoms with Gasteiger partial charge in [0.25, 0.3) is 0 Å². The minimum absolute atomic E-state index is 0.0948. The minimum Gasteiger partial charge on any atom is -0.341 e. The van der Waals surface area contributed by atoms with Crippen LogP contribution in [-0.4, -0.2) is 47.9 Å². The van der Waals surface area contributed by atoms with E-state index in [1.807, 2.05) is 25.1 Å². The highest BCUT2D eigenvalue weighted by Gasteiger charge is 2.34. The Labute approximate surface area is 148 Å². The van der Waals surface area contributed by atoms with Gasteiger partial charge in [0.15, 0.2) is 0 Å². The number of anilines is 1. The number of urea groups is 1. The molecule has 2 rings (SSSR count). The van der Waals surface area contributed by atoms with Crippen molar-refractivity contribution in [2.75, 3.05) is 25.0 Å². The Morgan fingerprint density at radius 1 is 1.16 bits per heavy atom. The van der Waals surface area contributed by atoms with E-state index in [1.165, 1.54) is 0 Å². The Morgan fingerprint density at radius 3 is 2.48 bits per heavy atom. The van der Waals surface area contributed by atoms with Gasteiger partial charge in [0.2, 0.25) is 11.8 Å². The smallest absolute Gasteiger partial charge is 0.319 e. The van der Waals surface area contributed by atoms with Crippen molar-refractivity contribution in [3.63, 3.8) is 0 Å². The van der Waals surface area contributed by atoms with Gasteiger partial charge in [-0.25, -0.2) is 4.79 Å². The van der Waals surface area contributed by atoms with Crippen molar-refractivity contribution >= 4 is 23.5 Å². The van der Waals surface area contributed by atoms with Crippen LogP contribution in [0, 0.1) is 6.92 Å². The molecule has 0 atom stereocenters. The second-order valence-corrected chi connectivity index (χ2v) is 6.85. The first kappa shape index (κ1) is 18.8. The highest BCUT2D eigenvalue weighted by Crippen LogP contribution is 2.14. The number of hydrogen-bond acceptors (Lipinski definition) is 3. The van der Waals surface area contributed by atoms with Crippen LogP contribution in [0.2, 0.25) is 0 Å². The van der Waals surface area contributed by atoms with E-state index in [0.29, 0.717) is 5.69 Å². The Bertz CT molecular complexity index is 651. The van der Waals surface area contributed by atoms with Crippen molar-refractivity contribution in [2.45, 2.75) is 39.2 Å². The lowest BCUT2D eigenvalue weighted by Crippen LogP contribution is -2.57. The summed E-state index contributed by atoms with van der Waals surface area (Å²) in [5, 5.41) is 7.85. The van der Waals surface area contributed by atoms with Crippen LogP contribution >= 0.6 is 0 Å². The van der Waals surface area contributed by atoms with Gasteiger partial charge in [-0.3, -0.25) is 9.59 Å². The van der Waals surface area contributed by atoms with Crippen LogP contribution in [0.4, 0.5) is 10.5 Å². The van der Waals surface area contributed by atoms with Gasteiger partial charge < -0.3 is 20.9 Å². The molecule has 1 fully saturated rings. The highest BCUT2D eigenvalue weighted by atomic mass is 16.2. The maximum atomic E-state index is 12.4. The molecule has 25 heavy (non-hydrogen) atoms. The van der Waals surface area contributed by atoms with E-state index in [4.69, 9.17) is 0 Å². The second-order valence-electron chi connectivity index (χ2n) is 6.85. The van der Waals surface area contributed by atoms with E-state index in [0.717, 1.165) is 31.5 Å². The standard InChI is InChI=1S/C18H26N4O3/c1-13-7-6-8-14(11-13)20-17(25)19-12-15(23)21-18(2,3)16(24)22-9-4-5-10-22/h6-8,11H,4-5,9-10,12H2,1-3H3,(H,21,23)(H2,19,20,25). The maximum Gasteiger partial charge on any atom is 0.319 e. The zero-order valence-electron chi connectivity index (χ0n) is 15.0. The van der Waals surface area contributed by atoms with Crippen molar-refractivity contribution in [3.8, 4) is 0 Å². The molecule has 3 N–H and O–H groups in total. The summed E-state index contributed by atoms with van der Waals surface area (Å²) in [5.41, 5.74) is 0.691. The fourth-order valence-electron chi connectivity index (χ4n) is 2.82. The van der Waals surface area contributed by atoms with Gasteiger partial charge in [0, 0.05) is 18.8 Å². The molecular formula is C18H26N4O3. The van der Waals surface area contributed by atoms with Crippen LogP contribution in [0.15, 0.2) is 24.3 Å². The highest BCUT2D eigenvalue weighted by molar-refractivity contribution is 5.94. The van der Waals surface area contributed by atoms with Crippen molar-refractivity contribution in [2.24, 2.45) is 0 Å². The number of carbonyl (C=O) groups is 3. The third kappa shape index (κ3) is 5.48. The summed E-state index contributed by atoms with van der Waals surface area (Å²) in [4.78, 5) is 38.1. The number of benzene rings is 1. The van der Waals surface area contributed by atoms with E-state index < -0.39 is 17.5 Å². The van der Waals surface area contributed by atoms with E-state index in [-0.39, 0.29) is 12.5 Å². The van der Waals surface area contributed by atoms with E-state index in [9.17, 15) is 14.4 Å². The molecule has 136 valence electrons. The third-order valence-electron chi connectivity index (χ3n) is 4.07. The molecule has 0 bridgehead atoms. The molecule has 1 aromatic carbocycles. The number of hydrogen-bond donors (Lipinski definition) is 3. The number of amides is 4. The number of aryl methyl sites for hydroxylation is 1. The molecule has 0 radical (unpaired) electrons. The molecule has 0 saturated carbocycles. The average Bonchev–Trinajstić information content (AvgIpc) is 3.06. The molecule has 7 nitrogen and oxygen atoms in total. The molecule has 1 aromatic rings. The monoisotopic (exact) mass is 346 g/mol. The summed E-state index contributed by atoms with van der Waals surface area (Å²) in [6.45, 7) is 6.55. The summed E-state index contributed by atoms with van der Waals surface area (Å²) in [6, 6.07) is 6.90. The summed E-state index contributed by atoms with van der Waals surface area (Å²) >= 11 is 0. The normalized spacial score (nSPS) is 14.1. The van der Waals surface area contributed by atoms with Crippen molar-refractivity contribution in [1.82, 2.24) is 15.5 Å². The third-order valence-corrected chi connectivity index (χ3v) is 4.07. The first-order chi connectivity index (χ1) is 11.8. The quantitative estimate of drug-likeness (QED) is 0.757. The van der Waals surface area contributed by atoms with Crippen LogP contribution in [0.25, 0.3) is 0 Å². The van der Waals surface area contributed by atoms with Gasteiger partial charge in [-0.05, 0) is 51.3 Å². The summed E-state index contributed by atoms with van der Waals surface area (Å²) in [5.74, 6) is -0.500. The van der Waals surface area contributed by atoms with Crippen LogP contribution in [0.1, 0.15) is 32.3 Å². The van der Waals surface area contributed by atoms with E-state index >= 15 is 0 Å². The molecule has 1 saturated heterocycles. The van der Waals surface area contributed by atoms with E-state index in [1.54, 1.807) is 24.8 Å². The number of rotatable bonds is 5. The predicted molar refractivity (Wildman–Crippen MR) is 96.2 cm³/mol. The van der Waals surface area contributed by atoms with Gasteiger partial charge in [-0.2, -0.15) is 0 Å². The van der Waals surface area contributed by atoms with Gasteiger partial charge in [0.05, 0.1) is 6.54 Å². The molecule has 0 aliphatic carbocycles. The van der Waals surface area contributed by atoms with Gasteiger partial charge in [-0.1, -0.05) is 12.1 Å². The molecule has 1 heterocycles. The molecule has 0 unspecified atom stereocenters. The van der Waals surface area contributed by atoms with Crippen molar-refractivity contribution in [3.05, 3.63) is 29.8 Å². The number of carbonyl (C=O) groups excluding carboxylic acids is 3. The Morgan fingerprint density at radius 2 is 1.84 bits per heavy atom. The largest absolute Gasteiger partial charge is 0.341 e. The molecule has 0 aromatic heterocycles. The van der Waals surface area contributed by atoms with Crippen molar-refractivity contribution < 1.29 is 14.4 Å². The minimum atomic E-state index is -0.990. The molecule has 7 heteroatoms. The van der Waals surface area contributed by atoms with Crippen LogP contribution in [0.5, 0.6) is 0 Å². The van der Waals surface area contributed by atoms with Crippen LogP contribution < -0.4 is 16.0 Å². The number of nitrogens with one attached hydrogen (secondary N) is 3. The molecule has 1 aliphatic heterocycles. The lowest BCUT2D eigenvalue weighted by atomic mass is 10.0. The lowest BCUT2D eigenvalue weighted by molar-refractivity contribution is -0.139. The fraction of sp³-hybridized carbons (Fsp3) is 0.500. The maximum absolute atomic E-state index is 12.4. The molecule has 0 spiro atoms. The van der Waals surface area contributed by atoms with Gasteiger partial charge >= 0.3 is 6.03 Å². The fourth-order valence-corrected chi connectivity index (χ4v) is 2.82. The molecule has 1 aliphatic rings. The second kappa shape index (κ2) is 8.00. The average molecular weight is 346 g/mol. The molecular weight excluding hydrogens is 320 g/mol. The van der Waals surface area contributed by atoms with Crippen LogP contribution in [0.3, 0.4) is 0 Å². The lowest BCUT2D eigenvalue weighted by Gasteiger charge is -2.30. The summed E-state index contributed by atoms with van der Waals surface area (Å²) in [7, 11) is 0. The number of likely N-dealkylation sites (tertiary alicyclic amines) is 1. The van der Waals surface area contributed by atoms with Crippen LogP contribution in [-0.2, 0) is 9.59 Å². The van der Waals surface area contributed by atoms with Gasteiger partial charge in [-0.15, -0.1) is 0 Å². The Hall–Kier alpha value is -2.57.